The predicted molar refractivity (Wildman–Crippen MR) is 243 cm³/mol. The molecule has 0 heterocycles. The molecule has 0 aliphatic heterocycles. The normalized spacial score (nSPS) is 12.4. The van der Waals surface area contributed by atoms with Gasteiger partial charge in [0.2, 0.25) is 0 Å². The molecule has 57 heavy (non-hydrogen) atoms. The summed E-state index contributed by atoms with van der Waals surface area (Å²) in [6.45, 7) is 9.04. The largest absolute Gasteiger partial charge is 0.462 e. The summed E-state index contributed by atoms with van der Waals surface area (Å²) in [5.74, 6) is 0.0238. The van der Waals surface area contributed by atoms with Crippen LogP contribution in [0.4, 0.5) is 0 Å². The van der Waals surface area contributed by atoms with Crippen LogP contribution < -0.4 is 0 Å². The fourth-order valence-electron chi connectivity index (χ4n) is 7.66. The molecular weight excluding hydrogens is 709 g/mol. The fourth-order valence-corrected chi connectivity index (χ4v) is 7.66. The van der Waals surface area contributed by atoms with Crippen LogP contribution in [0.5, 0.6) is 0 Å². The van der Waals surface area contributed by atoms with Crippen molar-refractivity contribution in [2.45, 2.75) is 291 Å². The summed E-state index contributed by atoms with van der Waals surface area (Å²) in [6, 6.07) is 0. The highest BCUT2D eigenvalue weighted by atomic mass is 16.6. The van der Waals surface area contributed by atoms with Gasteiger partial charge in [0.05, 0.1) is 0 Å². The average molecular weight is 807 g/mol. The molecule has 2 atom stereocenters. The van der Waals surface area contributed by atoms with Gasteiger partial charge in [-0.2, -0.15) is 0 Å². The summed E-state index contributed by atoms with van der Waals surface area (Å²) in [5.41, 5.74) is 0. The van der Waals surface area contributed by atoms with Crippen molar-refractivity contribution in [1.82, 2.24) is 0 Å². The van der Waals surface area contributed by atoms with Crippen molar-refractivity contribution in [2.75, 3.05) is 13.2 Å². The average Bonchev–Trinajstić information content (AvgIpc) is 3.21. The first-order chi connectivity index (χ1) is 27.9. The van der Waals surface area contributed by atoms with Crippen molar-refractivity contribution in [3.63, 3.8) is 0 Å². The Balaban J connectivity index is 4.32. The molecule has 0 saturated heterocycles. The molecule has 0 saturated carbocycles. The van der Waals surface area contributed by atoms with E-state index in [0.29, 0.717) is 19.3 Å². The van der Waals surface area contributed by atoms with Crippen molar-refractivity contribution in [3.05, 3.63) is 0 Å². The van der Waals surface area contributed by atoms with Gasteiger partial charge < -0.3 is 14.2 Å². The summed E-state index contributed by atoms with van der Waals surface area (Å²) in [7, 11) is 0. The molecule has 0 radical (unpaired) electrons. The smallest absolute Gasteiger partial charge is 0.306 e. The topological polar surface area (TPSA) is 78.9 Å². The van der Waals surface area contributed by atoms with E-state index >= 15 is 0 Å². The number of carbonyl (C=O) groups excluding carboxylic acids is 3. The van der Waals surface area contributed by atoms with Crippen molar-refractivity contribution >= 4 is 17.9 Å². The number of rotatable bonds is 46. The number of hydrogen-bond donors (Lipinski definition) is 0. The molecule has 0 fully saturated rings. The van der Waals surface area contributed by atoms with E-state index in [9.17, 15) is 14.4 Å². The van der Waals surface area contributed by atoms with Gasteiger partial charge in [0, 0.05) is 19.3 Å². The Bertz CT molecular complexity index is 859. The SMILES string of the molecule is CCCCCCCCCCCCCCCC(=O)OC[C@@H](COC(=O)CCCCCCCCCCCCC(C)CC)OC(=O)CCCCCCCCCCCCCC. The Morgan fingerprint density at radius 3 is 0.912 bits per heavy atom. The lowest BCUT2D eigenvalue weighted by molar-refractivity contribution is -0.167. The minimum absolute atomic E-state index is 0.0629. The standard InChI is InChI=1S/C51H98O6/c1-5-8-10-12-14-16-18-20-22-26-30-34-38-42-49(52)55-45-48(57-51(54)44-40-36-32-28-21-19-17-15-13-11-9-6-2)46-56-50(53)43-39-35-31-27-24-23-25-29-33-37-41-47(4)7-3/h47-48H,5-46H2,1-4H3/t47?,48-/m0/s1. The summed E-state index contributed by atoms with van der Waals surface area (Å²) in [6.07, 6.45) is 46.4. The molecule has 0 aromatic heterocycles. The van der Waals surface area contributed by atoms with Gasteiger partial charge in [0.1, 0.15) is 13.2 Å². The molecule has 0 spiro atoms. The number of carbonyl (C=O) groups is 3. The van der Waals surface area contributed by atoms with Crippen molar-refractivity contribution in [1.29, 1.82) is 0 Å². The molecule has 1 unspecified atom stereocenters. The van der Waals surface area contributed by atoms with Crippen LogP contribution >= 0.6 is 0 Å². The fraction of sp³-hybridized carbons (Fsp3) is 0.941. The highest BCUT2D eigenvalue weighted by Gasteiger charge is 2.19. The predicted octanol–water partition coefficient (Wildman–Crippen LogP) is 16.3. The van der Waals surface area contributed by atoms with Gasteiger partial charge in [0.15, 0.2) is 6.10 Å². The first-order valence-electron chi connectivity index (χ1n) is 25.4. The first kappa shape index (κ1) is 55.4. The van der Waals surface area contributed by atoms with Crippen molar-refractivity contribution in [3.8, 4) is 0 Å². The molecule has 0 N–H and O–H groups in total. The Kier molecular flexibility index (Phi) is 44.2. The molecule has 6 heteroatoms. The quantitative estimate of drug-likeness (QED) is 0.0346. The van der Waals surface area contributed by atoms with Crippen molar-refractivity contribution < 1.29 is 28.6 Å². The third-order valence-electron chi connectivity index (χ3n) is 11.9. The molecule has 0 bridgehead atoms. The maximum Gasteiger partial charge on any atom is 0.306 e. The lowest BCUT2D eigenvalue weighted by atomic mass is 9.99. The van der Waals surface area contributed by atoms with E-state index in [1.807, 2.05) is 0 Å². The Hall–Kier alpha value is -1.59. The van der Waals surface area contributed by atoms with Crippen LogP contribution in [0.1, 0.15) is 285 Å². The van der Waals surface area contributed by atoms with E-state index in [0.717, 1.165) is 63.7 Å². The minimum Gasteiger partial charge on any atom is -0.462 e. The van der Waals surface area contributed by atoms with Crippen LogP contribution in [-0.2, 0) is 28.6 Å². The molecule has 0 rings (SSSR count). The van der Waals surface area contributed by atoms with Crippen LogP contribution in [0, 0.1) is 5.92 Å². The molecule has 338 valence electrons. The van der Waals surface area contributed by atoms with E-state index in [-0.39, 0.29) is 31.1 Å². The van der Waals surface area contributed by atoms with E-state index in [2.05, 4.69) is 27.7 Å². The Labute approximate surface area is 355 Å². The number of esters is 3. The summed E-state index contributed by atoms with van der Waals surface area (Å²) in [5, 5.41) is 0. The Morgan fingerprint density at radius 2 is 0.614 bits per heavy atom. The van der Waals surface area contributed by atoms with Crippen LogP contribution in [-0.4, -0.2) is 37.2 Å². The second kappa shape index (κ2) is 45.5. The minimum atomic E-state index is -0.760. The molecule has 0 amide bonds. The summed E-state index contributed by atoms with van der Waals surface area (Å²) < 4.78 is 16.8. The van der Waals surface area contributed by atoms with Gasteiger partial charge in [-0.25, -0.2) is 0 Å². The third kappa shape index (κ3) is 43.8. The molecular formula is C51H98O6. The number of ether oxygens (including phenoxy) is 3. The van der Waals surface area contributed by atoms with Crippen LogP contribution in [0.3, 0.4) is 0 Å². The van der Waals surface area contributed by atoms with Gasteiger partial charge in [-0.05, 0) is 25.2 Å². The van der Waals surface area contributed by atoms with E-state index in [1.165, 1.54) is 180 Å². The van der Waals surface area contributed by atoms with E-state index < -0.39 is 6.10 Å². The second-order valence-corrected chi connectivity index (χ2v) is 17.7. The second-order valence-electron chi connectivity index (χ2n) is 17.7. The highest BCUT2D eigenvalue weighted by molar-refractivity contribution is 5.71. The lowest BCUT2D eigenvalue weighted by Crippen LogP contribution is -2.30. The molecule has 0 aliphatic carbocycles. The van der Waals surface area contributed by atoms with Crippen LogP contribution in [0.2, 0.25) is 0 Å². The van der Waals surface area contributed by atoms with Crippen molar-refractivity contribution in [2.24, 2.45) is 5.92 Å². The van der Waals surface area contributed by atoms with Crippen LogP contribution in [0.15, 0.2) is 0 Å². The van der Waals surface area contributed by atoms with Gasteiger partial charge in [0.25, 0.3) is 0 Å². The third-order valence-corrected chi connectivity index (χ3v) is 11.9. The van der Waals surface area contributed by atoms with Gasteiger partial charge in [-0.1, -0.05) is 246 Å². The maximum atomic E-state index is 12.8. The number of unbranched alkanes of at least 4 members (excludes halogenated alkanes) is 32. The number of hydrogen-bond acceptors (Lipinski definition) is 6. The van der Waals surface area contributed by atoms with E-state index in [4.69, 9.17) is 14.2 Å². The maximum absolute atomic E-state index is 12.8. The molecule has 6 nitrogen and oxygen atoms in total. The van der Waals surface area contributed by atoms with Gasteiger partial charge >= 0.3 is 17.9 Å². The summed E-state index contributed by atoms with van der Waals surface area (Å²) >= 11 is 0. The molecule has 0 aromatic carbocycles. The zero-order chi connectivity index (χ0) is 41.7. The zero-order valence-corrected chi connectivity index (χ0v) is 38.8. The zero-order valence-electron chi connectivity index (χ0n) is 38.8. The van der Waals surface area contributed by atoms with Gasteiger partial charge in [-0.15, -0.1) is 0 Å². The summed E-state index contributed by atoms with van der Waals surface area (Å²) in [4.78, 5) is 37.9. The first-order valence-corrected chi connectivity index (χ1v) is 25.4. The highest BCUT2D eigenvalue weighted by Crippen LogP contribution is 2.17. The molecule has 0 aromatic rings. The molecule has 0 aliphatic rings. The monoisotopic (exact) mass is 807 g/mol. The van der Waals surface area contributed by atoms with Crippen LogP contribution in [0.25, 0.3) is 0 Å². The Morgan fingerprint density at radius 1 is 0.351 bits per heavy atom. The lowest BCUT2D eigenvalue weighted by Gasteiger charge is -2.18. The van der Waals surface area contributed by atoms with E-state index in [1.54, 1.807) is 0 Å². The van der Waals surface area contributed by atoms with Gasteiger partial charge in [-0.3, -0.25) is 14.4 Å².